The average molecular weight is 455 g/mol. The predicted octanol–water partition coefficient (Wildman–Crippen LogP) is 1.90. The van der Waals surface area contributed by atoms with Crippen molar-refractivity contribution < 1.29 is 18.4 Å². The van der Waals surface area contributed by atoms with Gasteiger partial charge in [-0.15, -0.1) is 0 Å². The maximum Gasteiger partial charge on any atom is 0.269 e. The highest BCUT2D eigenvalue weighted by molar-refractivity contribution is 6.05. The highest BCUT2D eigenvalue weighted by Crippen LogP contribution is 2.35. The Morgan fingerprint density at radius 1 is 1.24 bits per heavy atom. The fraction of sp³-hybridized carbons (Fsp3) is 0.364. The van der Waals surface area contributed by atoms with E-state index < -0.39 is 23.7 Å². The highest BCUT2D eigenvalue weighted by Gasteiger charge is 2.30. The van der Waals surface area contributed by atoms with Gasteiger partial charge in [0.1, 0.15) is 17.4 Å². The quantitative estimate of drug-likeness (QED) is 0.584. The lowest BCUT2D eigenvalue weighted by molar-refractivity contribution is -0.119. The van der Waals surface area contributed by atoms with E-state index in [2.05, 4.69) is 25.5 Å². The Bertz CT molecular complexity index is 1270. The Balaban J connectivity index is 1.31. The summed E-state index contributed by atoms with van der Waals surface area (Å²) in [7, 11) is 1.46. The summed E-state index contributed by atoms with van der Waals surface area (Å²) >= 11 is 0. The summed E-state index contributed by atoms with van der Waals surface area (Å²) in [5, 5.41) is 5.10. The van der Waals surface area contributed by atoms with Crippen LogP contribution in [0.2, 0.25) is 0 Å². The largest absolute Gasteiger partial charge is 0.365 e. The fourth-order valence-corrected chi connectivity index (χ4v) is 4.41. The van der Waals surface area contributed by atoms with Gasteiger partial charge in [0.2, 0.25) is 11.9 Å². The summed E-state index contributed by atoms with van der Waals surface area (Å²) in [5.74, 6) is -1.86. The Morgan fingerprint density at radius 2 is 2.00 bits per heavy atom. The van der Waals surface area contributed by atoms with Crippen molar-refractivity contribution in [1.29, 1.82) is 0 Å². The minimum absolute atomic E-state index is 0.0242. The third kappa shape index (κ3) is 3.58. The Kier molecular flexibility index (Phi) is 5.20. The van der Waals surface area contributed by atoms with Crippen molar-refractivity contribution in [2.75, 3.05) is 43.4 Å². The molecule has 33 heavy (non-hydrogen) atoms. The first kappa shape index (κ1) is 21.3. The van der Waals surface area contributed by atoms with Crippen LogP contribution in [-0.2, 0) is 11.3 Å². The van der Waals surface area contributed by atoms with Crippen molar-refractivity contribution in [3.8, 4) is 0 Å². The number of amides is 2. The Labute approximate surface area is 188 Å². The first-order valence-corrected chi connectivity index (χ1v) is 10.7. The minimum Gasteiger partial charge on any atom is -0.365 e. The number of nitrogens with one attached hydrogen (secondary N) is 2. The van der Waals surface area contributed by atoms with Crippen molar-refractivity contribution in [1.82, 2.24) is 24.8 Å². The molecule has 4 heterocycles. The van der Waals surface area contributed by atoms with Crippen LogP contribution in [0.1, 0.15) is 29.0 Å². The molecule has 1 aromatic carbocycles. The lowest BCUT2D eigenvalue weighted by atomic mass is 10.1. The van der Waals surface area contributed by atoms with E-state index in [1.807, 2.05) is 4.90 Å². The van der Waals surface area contributed by atoms with Crippen molar-refractivity contribution in [2.24, 2.45) is 0 Å². The summed E-state index contributed by atoms with van der Waals surface area (Å²) in [6.45, 7) is 4.31. The zero-order valence-corrected chi connectivity index (χ0v) is 18.2. The number of nitrogens with zero attached hydrogens (tertiary/aromatic N) is 5. The number of halogens is 2. The van der Waals surface area contributed by atoms with Gasteiger partial charge in [0, 0.05) is 45.3 Å². The summed E-state index contributed by atoms with van der Waals surface area (Å²) in [6, 6.07) is 4.33. The summed E-state index contributed by atoms with van der Waals surface area (Å²) in [5.41, 5.74) is 2.21. The van der Waals surface area contributed by atoms with E-state index in [-0.39, 0.29) is 17.3 Å². The molecule has 0 unspecified atom stereocenters. The highest BCUT2D eigenvalue weighted by atomic mass is 19.1. The molecule has 5 rings (SSSR count). The summed E-state index contributed by atoms with van der Waals surface area (Å²) < 4.78 is 31.5. The SMILES string of the molecule is CNC(=O)c1ccc(N2CCN(Cc3cc4ncn5c4c(c3F)NC(=O)[C@@H]5C)CC2)c(F)n1. The lowest BCUT2D eigenvalue weighted by Gasteiger charge is -2.36. The molecule has 2 aliphatic heterocycles. The predicted molar refractivity (Wildman–Crippen MR) is 118 cm³/mol. The fourth-order valence-electron chi connectivity index (χ4n) is 4.41. The van der Waals surface area contributed by atoms with Crippen LogP contribution in [0.4, 0.5) is 20.2 Å². The molecule has 172 valence electrons. The second-order valence-electron chi connectivity index (χ2n) is 8.26. The molecular formula is C22H23F2N7O2. The normalized spacial score (nSPS) is 18.5. The number of hydrogen-bond acceptors (Lipinski definition) is 6. The van der Waals surface area contributed by atoms with Gasteiger partial charge in [-0.3, -0.25) is 14.5 Å². The van der Waals surface area contributed by atoms with Crippen LogP contribution in [-0.4, -0.2) is 64.5 Å². The summed E-state index contributed by atoms with van der Waals surface area (Å²) in [4.78, 5) is 35.9. The van der Waals surface area contributed by atoms with Gasteiger partial charge in [-0.2, -0.15) is 4.39 Å². The zero-order valence-electron chi connectivity index (χ0n) is 18.2. The molecule has 2 aliphatic rings. The third-order valence-corrected chi connectivity index (χ3v) is 6.31. The number of piperazine rings is 1. The van der Waals surface area contributed by atoms with Gasteiger partial charge in [0.05, 0.1) is 23.0 Å². The second kappa shape index (κ2) is 8.07. The summed E-state index contributed by atoms with van der Waals surface area (Å²) in [6.07, 6.45) is 1.57. The molecule has 0 spiro atoms. The standard InChI is InChI=1S/C22H23F2N7O2/c1-12-21(32)28-18-17(23)13(9-15-19(18)31(12)11-26-15)10-29-5-7-30(8-6-29)16-4-3-14(22(33)25-2)27-20(16)24/h3-4,9,11-12H,5-8,10H2,1-2H3,(H,25,33)(H,28,32)/t12-/m0/s1. The van der Waals surface area contributed by atoms with Crippen LogP contribution in [0.25, 0.3) is 11.0 Å². The molecule has 2 N–H and O–H groups in total. The number of aromatic nitrogens is 3. The Hall–Kier alpha value is -3.60. The number of carbonyl (C=O) groups is 2. The molecule has 2 amide bonds. The van der Waals surface area contributed by atoms with Crippen LogP contribution in [0, 0.1) is 11.8 Å². The van der Waals surface area contributed by atoms with E-state index >= 15 is 4.39 Å². The molecule has 9 nitrogen and oxygen atoms in total. The minimum atomic E-state index is -0.694. The van der Waals surface area contributed by atoms with E-state index in [9.17, 15) is 14.0 Å². The number of pyridine rings is 1. The zero-order chi connectivity index (χ0) is 23.3. The van der Waals surface area contributed by atoms with Gasteiger partial charge >= 0.3 is 0 Å². The number of hydrogen-bond donors (Lipinski definition) is 2. The maximum absolute atomic E-state index is 15.3. The van der Waals surface area contributed by atoms with Gasteiger partial charge in [-0.05, 0) is 25.1 Å². The maximum atomic E-state index is 15.3. The van der Waals surface area contributed by atoms with E-state index in [4.69, 9.17) is 0 Å². The van der Waals surface area contributed by atoms with Crippen LogP contribution >= 0.6 is 0 Å². The molecule has 11 heteroatoms. The van der Waals surface area contributed by atoms with Crippen LogP contribution in [0.5, 0.6) is 0 Å². The van der Waals surface area contributed by atoms with Crippen molar-refractivity contribution >= 4 is 34.2 Å². The molecule has 1 fully saturated rings. The van der Waals surface area contributed by atoms with Crippen molar-refractivity contribution in [3.63, 3.8) is 0 Å². The van der Waals surface area contributed by atoms with E-state index in [0.29, 0.717) is 55.0 Å². The molecule has 0 radical (unpaired) electrons. The molecule has 1 saturated heterocycles. The topological polar surface area (TPSA) is 95.4 Å². The van der Waals surface area contributed by atoms with Crippen LogP contribution in [0.3, 0.4) is 0 Å². The van der Waals surface area contributed by atoms with Gasteiger partial charge in [0.25, 0.3) is 5.91 Å². The number of anilines is 2. The molecule has 0 bridgehead atoms. The van der Waals surface area contributed by atoms with E-state index in [1.54, 1.807) is 30.0 Å². The molecule has 3 aromatic rings. The lowest BCUT2D eigenvalue weighted by Crippen LogP contribution is -2.46. The first-order valence-electron chi connectivity index (χ1n) is 10.7. The molecule has 0 aliphatic carbocycles. The second-order valence-corrected chi connectivity index (χ2v) is 8.26. The van der Waals surface area contributed by atoms with Gasteiger partial charge in [-0.25, -0.2) is 14.4 Å². The van der Waals surface area contributed by atoms with E-state index in [0.717, 1.165) is 0 Å². The van der Waals surface area contributed by atoms with Gasteiger partial charge in [-0.1, -0.05) is 0 Å². The molecule has 0 saturated carbocycles. The Morgan fingerprint density at radius 3 is 2.70 bits per heavy atom. The molecular weight excluding hydrogens is 432 g/mol. The van der Waals surface area contributed by atoms with Crippen LogP contribution < -0.4 is 15.5 Å². The average Bonchev–Trinajstić information content (AvgIpc) is 3.24. The monoisotopic (exact) mass is 455 g/mol. The number of carbonyl (C=O) groups excluding carboxylic acids is 2. The molecule has 2 aromatic heterocycles. The number of rotatable bonds is 4. The van der Waals surface area contributed by atoms with Gasteiger partial charge in [0.15, 0.2) is 5.82 Å². The van der Waals surface area contributed by atoms with Gasteiger partial charge < -0.3 is 20.1 Å². The molecule has 1 atom stereocenters. The van der Waals surface area contributed by atoms with Crippen LogP contribution in [0.15, 0.2) is 24.5 Å². The smallest absolute Gasteiger partial charge is 0.269 e. The van der Waals surface area contributed by atoms with Crippen molar-refractivity contribution in [3.05, 3.63) is 47.5 Å². The number of benzene rings is 1. The van der Waals surface area contributed by atoms with E-state index in [1.165, 1.54) is 13.1 Å². The van der Waals surface area contributed by atoms with Crippen molar-refractivity contribution in [2.45, 2.75) is 19.5 Å². The first-order chi connectivity index (χ1) is 15.9. The third-order valence-electron chi connectivity index (χ3n) is 6.31. The number of imidazole rings is 1.